The first-order chi connectivity index (χ1) is 14.5. The van der Waals surface area contributed by atoms with Gasteiger partial charge in [-0.3, -0.25) is 0 Å². The highest BCUT2D eigenvalue weighted by Gasteiger charge is 2.25. The SMILES string of the molecule is O=C(O)c1c2c(nc3ccc(F)cc13)-c1cc(O)c(-c3ccccc3)cc1CCC2. The van der Waals surface area contributed by atoms with E-state index in [2.05, 4.69) is 0 Å². The summed E-state index contributed by atoms with van der Waals surface area (Å²) in [6.07, 6.45) is 1.99. The molecule has 4 nitrogen and oxygen atoms in total. The number of hydrogen-bond acceptors (Lipinski definition) is 3. The first kappa shape index (κ1) is 18.3. The number of fused-ring (bicyclic) bond motifs is 4. The maximum absolute atomic E-state index is 13.8. The Kier molecular flexibility index (Phi) is 4.24. The van der Waals surface area contributed by atoms with E-state index in [0.717, 1.165) is 35.1 Å². The topological polar surface area (TPSA) is 70.4 Å². The Balaban J connectivity index is 1.80. The molecule has 0 radical (unpaired) electrons. The lowest BCUT2D eigenvalue weighted by atomic mass is 9.92. The number of benzene rings is 3. The molecule has 0 fully saturated rings. The molecule has 1 aromatic heterocycles. The summed E-state index contributed by atoms with van der Waals surface area (Å²) in [5, 5.41) is 21.0. The average molecular weight is 399 g/mol. The summed E-state index contributed by atoms with van der Waals surface area (Å²) in [5.41, 5.74) is 5.04. The van der Waals surface area contributed by atoms with Gasteiger partial charge in [0.25, 0.3) is 0 Å². The van der Waals surface area contributed by atoms with E-state index in [9.17, 15) is 19.4 Å². The van der Waals surface area contributed by atoms with E-state index in [1.807, 2.05) is 36.4 Å². The van der Waals surface area contributed by atoms with Gasteiger partial charge in [-0.15, -0.1) is 0 Å². The maximum Gasteiger partial charge on any atom is 0.336 e. The molecule has 0 bridgehead atoms. The molecule has 0 spiro atoms. The quantitative estimate of drug-likeness (QED) is 0.460. The highest BCUT2D eigenvalue weighted by atomic mass is 19.1. The minimum atomic E-state index is -1.10. The van der Waals surface area contributed by atoms with Gasteiger partial charge in [0.1, 0.15) is 11.6 Å². The van der Waals surface area contributed by atoms with Crippen LogP contribution in [-0.4, -0.2) is 21.2 Å². The van der Waals surface area contributed by atoms with E-state index in [0.29, 0.717) is 28.6 Å². The van der Waals surface area contributed by atoms with Crippen LogP contribution < -0.4 is 0 Å². The van der Waals surface area contributed by atoms with Gasteiger partial charge in [-0.2, -0.15) is 0 Å². The molecule has 0 aliphatic heterocycles. The second-order valence-electron chi connectivity index (χ2n) is 7.53. The van der Waals surface area contributed by atoms with Crippen molar-refractivity contribution in [1.82, 2.24) is 4.98 Å². The van der Waals surface area contributed by atoms with Crippen molar-refractivity contribution in [3.8, 4) is 28.1 Å². The minimum absolute atomic E-state index is 0.0916. The number of nitrogens with zero attached hydrogens (tertiary/aromatic N) is 1. The summed E-state index contributed by atoms with van der Waals surface area (Å²) >= 11 is 0. The third-order valence-corrected chi connectivity index (χ3v) is 5.70. The van der Waals surface area contributed by atoms with E-state index in [1.54, 1.807) is 6.07 Å². The van der Waals surface area contributed by atoms with Crippen LogP contribution in [-0.2, 0) is 12.8 Å². The van der Waals surface area contributed by atoms with Crippen molar-refractivity contribution in [1.29, 1.82) is 0 Å². The number of carboxylic acid groups (broad SMARTS) is 1. The van der Waals surface area contributed by atoms with Gasteiger partial charge in [-0.05, 0) is 66.3 Å². The Morgan fingerprint density at radius 2 is 1.77 bits per heavy atom. The van der Waals surface area contributed by atoms with Crippen LogP contribution in [0.2, 0.25) is 0 Å². The fourth-order valence-electron chi connectivity index (χ4n) is 4.35. The molecule has 5 heteroatoms. The fourth-order valence-corrected chi connectivity index (χ4v) is 4.35. The zero-order valence-electron chi connectivity index (χ0n) is 16.0. The normalized spacial score (nSPS) is 12.8. The minimum Gasteiger partial charge on any atom is -0.507 e. The largest absolute Gasteiger partial charge is 0.507 e. The summed E-state index contributed by atoms with van der Waals surface area (Å²) in [7, 11) is 0. The Morgan fingerprint density at radius 1 is 0.967 bits per heavy atom. The van der Waals surface area contributed by atoms with Crippen LogP contribution in [0.1, 0.15) is 27.9 Å². The lowest BCUT2D eigenvalue weighted by Gasteiger charge is -2.16. The standard InChI is InChI=1S/C25H18FNO3/c26-16-9-10-21-20(12-16)23(25(29)30)17-8-4-7-15-11-18(14-5-2-1-3-6-14)22(28)13-19(15)24(17)27-21/h1-3,5-6,9-13,28H,4,7-8H2,(H,29,30). The average Bonchev–Trinajstić information content (AvgIpc) is 2.90. The molecule has 4 aromatic rings. The number of halogens is 1. The van der Waals surface area contributed by atoms with Gasteiger partial charge in [0.05, 0.1) is 16.8 Å². The molecule has 5 rings (SSSR count). The van der Waals surface area contributed by atoms with Crippen LogP contribution in [0.15, 0.2) is 60.7 Å². The molecule has 0 unspecified atom stereocenters. The van der Waals surface area contributed by atoms with Crippen molar-refractivity contribution < 1.29 is 19.4 Å². The lowest BCUT2D eigenvalue weighted by molar-refractivity contribution is 0.0698. The zero-order chi connectivity index (χ0) is 20.8. The van der Waals surface area contributed by atoms with E-state index >= 15 is 0 Å². The van der Waals surface area contributed by atoms with Gasteiger partial charge in [0, 0.05) is 16.5 Å². The first-order valence-electron chi connectivity index (χ1n) is 9.80. The van der Waals surface area contributed by atoms with Gasteiger partial charge < -0.3 is 10.2 Å². The Bertz CT molecular complexity index is 1320. The number of phenols is 1. The van der Waals surface area contributed by atoms with Gasteiger partial charge in [-0.1, -0.05) is 30.3 Å². The number of rotatable bonds is 2. The Hall–Kier alpha value is -3.73. The molecule has 0 saturated heterocycles. The molecule has 2 N–H and O–H groups in total. The number of aromatic hydroxyl groups is 1. The lowest BCUT2D eigenvalue weighted by Crippen LogP contribution is -2.07. The molecule has 0 saturated carbocycles. The number of carboxylic acids is 1. The molecule has 3 aromatic carbocycles. The van der Waals surface area contributed by atoms with Crippen LogP contribution >= 0.6 is 0 Å². The molecule has 0 atom stereocenters. The van der Waals surface area contributed by atoms with E-state index in [1.165, 1.54) is 18.2 Å². The van der Waals surface area contributed by atoms with Crippen molar-refractivity contribution in [3.05, 3.63) is 83.2 Å². The third kappa shape index (κ3) is 2.90. The highest BCUT2D eigenvalue weighted by Crippen LogP contribution is 2.41. The summed E-state index contributed by atoms with van der Waals surface area (Å²) in [4.78, 5) is 16.8. The number of carbonyl (C=O) groups is 1. The number of aryl methyl sites for hydroxylation is 1. The predicted molar refractivity (Wildman–Crippen MR) is 113 cm³/mol. The summed E-state index contributed by atoms with van der Waals surface area (Å²) in [6.45, 7) is 0. The van der Waals surface area contributed by atoms with Gasteiger partial charge in [0.2, 0.25) is 0 Å². The highest BCUT2D eigenvalue weighted by molar-refractivity contribution is 6.06. The molecular formula is C25H18FNO3. The predicted octanol–water partition coefficient (Wildman–Crippen LogP) is 5.60. The van der Waals surface area contributed by atoms with Gasteiger partial charge >= 0.3 is 5.97 Å². The zero-order valence-corrected chi connectivity index (χ0v) is 16.0. The summed E-state index contributed by atoms with van der Waals surface area (Å²) in [6, 6.07) is 17.3. The second kappa shape index (κ2) is 6.95. The number of hydrogen-bond donors (Lipinski definition) is 2. The van der Waals surface area contributed by atoms with Gasteiger partial charge in [0.15, 0.2) is 0 Å². The van der Waals surface area contributed by atoms with Crippen LogP contribution in [0.3, 0.4) is 0 Å². The molecule has 0 amide bonds. The van der Waals surface area contributed by atoms with E-state index < -0.39 is 11.8 Å². The van der Waals surface area contributed by atoms with Crippen molar-refractivity contribution >= 4 is 16.9 Å². The van der Waals surface area contributed by atoms with E-state index in [4.69, 9.17) is 4.98 Å². The molecule has 1 aliphatic carbocycles. The molecule has 1 heterocycles. The summed E-state index contributed by atoms with van der Waals surface area (Å²) in [5.74, 6) is -1.48. The number of phenolic OH excluding ortho intramolecular Hbond substituents is 1. The number of aromatic nitrogens is 1. The molecular weight excluding hydrogens is 381 g/mol. The second-order valence-corrected chi connectivity index (χ2v) is 7.53. The van der Waals surface area contributed by atoms with Crippen molar-refractivity contribution in [2.75, 3.05) is 0 Å². The number of pyridine rings is 1. The third-order valence-electron chi connectivity index (χ3n) is 5.70. The van der Waals surface area contributed by atoms with Crippen molar-refractivity contribution in [2.24, 2.45) is 0 Å². The molecule has 148 valence electrons. The van der Waals surface area contributed by atoms with Crippen LogP contribution in [0.4, 0.5) is 4.39 Å². The van der Waals surface area contributed by atoms with E-state index in [-0.39, 0.29) is 11.3 Å². The Morgan fingerprint density at radius 3 is 2.53 bits per heavy atom. The number of aromatic carboxylic acids is 1. The van der Waals surface area contributed by atoms with Crippen LogP contribution in [0.5, 0.6) is 5.75 Å². The van der Waals surface area contributed by atoms with Gasteiger partial charge in [-0.25, -0.2) is 14.2 Å². The molecule has 30 heavy (non-hydrogen) atoms. The monoisotopic (exact) mass is 399 g/mol. The smallest absolute Gasteiger partial charge is 0.336 e. The Labute approximate surface area is 172 Å². The molecule has 1 aliphatic rings. The van der Waals surface area contributed by atoms with Crippen LogP contribution in [0.25, 0.3) is 33.3 Å². The first-order valence-corrected chi connectivity index (χ1v) is 9.80. The fraction of sp³-hybridized carbons (Fsp3) is 0.120. The van der Waals surface area contributed by atoms with Crippen LogP contribution in [0, 0.1) is 5.82 Å². The van der Waals surface area contributed by atoms with Crippen molar-refractivity contribution in [3.63, 3.8) is 0 Å². The maximum atomic E-state index is 13.8. The summed E-state index contributed by atoms with van der Waals surface area (Å²) < 4.78 is 13.8. The van der Waals surface area contributed by atoms with Crippen molar-refractivity contribution in [2.45, 2.75) is 19.3 Å².